The third-order valence-electron chi connectivity index (χ3n) is 6.03. The minimum Gasteiger partial charge on any atom is -0.491 e. The van der Waals surface area contributed by atoms with Crippen molar-refractivity contribution >= 4 is 11.7 Å². The van der Waals surface area contributed by atoms with Gasteiger partial charge in [-0.1, -0.05) is 32.8 Å². The molecular weight excluding hydrogens is 443 g/mol. The Balaban J connectivity index is 1.77. The Labute approximate surface area is 199 Å². The molecule has 1 aromatic carbocycles. The highest BCUT2D eigenvalue weighted by molar-refractivity contribution is 5.90. The van der Waals surface area contributed by atoms with Gasteiger partial charge in [-0.3, -0.25) is 4.79 Å². The van der Waals surface area contributed by atoms with Crippen LogP contribution in [-0.2, 0) is 11.0 Å². The maximum atomic E-state index is 13.8. The number of alkyl halides is 3. The van der Waals surface area contributed by atoms with Crippen molar-refractivity contribution in [3.8, 4) is 16.9 Å². The highest BCUT2D eigenvalue weighted by atomic mass is 19.4. The number of anilines is 1. The molecule has 0 bridgehead atoms. The standard InChI is InChI=1S/C26H34F3N3O2/c1-17(2)15-25(3,30)16-34-22-9-8-19(13-21(22)26(27,28)29)20-10-11-31-23(14-20)32-24(33)12-18-6-4-5-7-18/h8-11,13-14,17-18H,4-7,12,15-16,30H2,1-3H3,(H,31,32,33). The largest absolute Gasteiger partial charge is 0.491 e. The first-order chi connectivity index (χ1) is 15.9. The van der Waals surface area contributed by atoms with Gasteiger partial charge in [-0.05, 0) is 73.4 Å². The summed E-state index contributed by atoms with van der Waals surface area (Å²) in [6, 6.07) is 7.15. The Kier molecular flexibility index (Phi) is 8.23. The molecule has 1 saturated carbocycles. The molecule has 5 nitrogen and oxygen atoms in total. The molecule has 8 heteroatoms. The molecule has 0 spiro atoms. The van der Waals surface area contributed by atoms with Gasteiger partial charge >= 0.3 is 6.18 Å². The molecule has 3 rings (SSSR count). The summed E-state index contributed by atoms with van der Waals surface area (Å²) < 4.78 is 47.1. The molecule has 0 aliphatic heterocycles. The third-order valence-corrected chi connectivity index (χ3v) is 6.03. The lowest BCUT2D eigenvalue weighted by molar-refractivity contribution is -0.139. The lowest BCUT2D eigenvalue weighted by atomic mass is 9.93. The maximum absolute atomic E-state index is 13.8. The van der Waals surface area contributed by atoms with Crippen molar-refractivity contribution in [1.82, 2.24) is 4.98 Å². The molecule has 1 fully saturated rings. The number of ether oxygens (including phenoxy) is 1. The van der Waals surface area contributed by atoms with Gasteiger partial charge in [0.15, 0.2) is 0 Å². The van der Waals surface area contributed by atoms with Crippen LogP contribution < -0.4 is 15.8 Å². The fourth-order valence-electron chi connectivity index (χ4n) is 4.64. The smallest absolute Gasteiger partial charge is 0.419 e. The van der Waals surface area contributed by atoms with Gasteiger partial charge in [0.2, 0.25) is 5.91 Å². The normalized spacial score (nSPS) is 16.5. The molecule has 2 aromatic rings. The minimum atomic E-state index is -4.60. The van der Waals surface area contributed by atoms with E-state index in [2.05, 4.69) is 10.3 Å². The van der Waals surface area contributed by atoms with Gasteiger partial charge in [-0.15, -0.1) is 0 Å². The Morgan fingerprint density at radius 2 is 1.85 bits per heavy atom. The predicted molar refractivity (Wildman–Crippen MR) is 127 cm³/mol. The molecule has 1 heterocycles. The summed E-state index contributed by atoms with van der Waals surface area (Å²) in [7, 11) is 0. The fourth-order valence-corrected chi connectivity index (χ4v) is 4.64. The summed E-state index contributed by atoms with van der Waals surface area (Å²) in [6.07, 6.45) is 2.34. The molecule has 1 aliphatic carbocycles. The van der Waals surface area contributed by atoms with E-state index >= 15 is 0 Å². The van der Waals surface area contributed by atoms with Crippen LogP contribution in [0.5, 0.6) is 5.75 Å². The first kappa shape index (κ1) is 26.0. The van der Waals surface area contributed by atoms with Crippen LogP contribution in [0.2, 0.25) is 0 Å². The van der Waals surface area contributed by atoms with E-state index in [1.165, 1.54) is 12.3 Å². The van der Waals surface area contributed by atoms with E-state index < -0.39 is 17.3 Å². The Morgan fingerprint density at radius 3 is 2.50 bits per heavy atom. The fraction of sp³-hybridized carbons (Fsp3) is 0.538. The predicted octanol–water partition coefficient (Wildman–Crippen LogP) is 6.43. The van der Waals surface area contributed by atoms with E-state index in [4.69, 9.17) is 10.5 Å². The molecule has 1 aliphatic rings. The number of carbonyl (C=O) groups is 1. The zero-order valence-electron chi connectivity index (χ0n) is 20.0. The molecule has 1 unspecified atom stereocenters. The third kappa shape index (κ3) is 7.45. The van der Waals surface area contributed by atoms with Crippen molar-refractivity contribution in [1.29, 1.82) is 0 Å². The van der Waals surface area contributed by atoms with Gasteiger partial charge < -0.3 is 15.8 Å². The lowest BCUT2D eigenvalue weighted by Gasteiger charge is -2.27. The molecule has 34 heavy (non-hydrogen) atoms. The first-order valence-electron chi connectivity index (χ1n) is 11.8. The van der Waals surface area contributed by atoms with Crippen LogP contribution in [-0.4, -0.2) is 23.0 Å². The van der Waals surface area contributed by atoms with Gasteiger partial charge in [0.1, 0.15) is 18.2 Å². The number of aromatic nitrogens is 1. The lowest BCUT2D eigenvalue weighted by Crippen LogP contribution is -2.43. The average molecular weight is 478 g/mol. The van der Waals surface area contributed by atoms with Crippen LogP contribution >= 0.6 is 0 Å². The second kappa shape index (κ2) is 10.8. The Bertz CT molecular complexity index is 983. The Morgan fingerprint density at radius 1 is 1.18 bits per heavy atom. The number of nitrogens with zero attached hydrogens (tertiary/aromatic N) is 1. The number of amides is 1. The molecular formula is C26H34F3N3O2. The second-order valence-corrected chi connectivity index (χ2v) is 10.1. The summed E-state index contributed by atoms with van der Waals surface area (Å²) >= 11 is 0. The molecule has 1 aromatic heterocycles. The monoisotopic (exact) mass is 477 g/mol. The second-order valence-electron chi connectivity index (χ2n) is 10.1. The van der Waals surface area contributed by atoms with E-state index in [-0.39, 0.29) is 18.3 Å². The van der Waals surface area contributed by atoms with Gasteiger partial charge in [0, 0.05) is 18.2 Å². The summed E-state index contributed by atoms with van der Waals surface area (Å²) in [4.78, 5) is 16.5. The van der Waals surface area contributed by atoms with Crippen LogP contribution in [0.15, 0.2) is 36.5 Å². The number of halogens is 3. The number of rotatable bonds is 9. The molecule has 186 valence electrons. The quantitative estimate of drug-likeness (QED) is 0.436. The van der Waals surface area contributed by atoms with E-state index in [0.717, 1.165) is 31.7 Å². The first-order valence-corrected chi connectivity index (χ1v) is 11.8. The van der Waals surface area contributed by atoms with E-state index in [0.29, 0.717) is 41.6 Å². The molecule has 1 amide bonds. The zero-order chi connectivity index (χ0) is 24.9. The van der Waals surface area contributed by atoms with Crippen LogP contribution in [0, 0.1) is 11.8 Å². The van der Waals surface area contributed by atoms with Crippen molar-refractivity contribution in [3.63, 3.8) is 0 Å². The van der Waals surface area contributed by atoms with Crippen molar-refractivity contribution in [2.75, 3.05) is 11.9 Å². The number of hydrogen-bond acceptors (Lipinski definition) is 4. The van der Waals surface area contributed by atoms with Gasteiger partial charge in [-0.25, -0.2) is 4.98 Å². The van der Waals surface area contributed by atoms with Crippen molar-refractivity contribution in [2.24, 2.45) is 17.6 Å². The van der Waals surface area contributed by atoms with Crippen molar-refractivity contribution < 1.29 is 22.7 Å². The summed E-state index contributed by atoms with van der Waals surface area (Å²) in [5.41, 5.74) is 5.47. The highest BCUT2D eigenvalue weighted by Crippen LogP contribution is 2.39. The summed E-state index contributed by atoms with van der Waals surface area (Å²) in [5, 5.41) is 2.78. The topological polar surface area (TPSA) is 77.2 Å². The van der Waals surface area contributed by atoms with E-state index in [1.54, 1.807) is 25.1 Å². The van der Waals surface area contributed by atoms with Crippen molar-refractivity contribution in [2.45, 2.75) is 71.0 Å². The van der Waals surface area contributed by atoms with E-state index in [9.17, 15) is 18.0 Å². The highest BCUT2D eigenvalue weighted by Gasteiger charge is 2.35. The number of benzene rings is 1. The summed E-state index contributed by atoms with van der Waals surface area (Å²) in [6.45, 7) is 5.75. The zero-order valence-corrected chi connectivity index (χ0v) is 20.0. The van der Waals surface area contributed by atoms with Gasteiger partial charge in [0.05, 0.1) is 5.56 Å². The molecule has 3 N–H and O–H groups in total. The number of nitrogens with two attached hydrogens (primary N) is 1. The van der Waals surface area contributed by atoms with Gasteiger partial charge in [-0.2, -0.15) is 13.2 Å². The van der Waals surface area contributed by atoms with Gasteiger partial charge in [0.25, 0.3) is 0 Å². The van der Waals surface area contributed by atoms with E-state index in [1.807, 2.05) is 13.8 Å². The van der Waals surface area contributed by atoms with Crippen LogP contribution in [0.3, 0.4) is 0 Å². The molecule has 0 radical (unpaired) electrons. The maximum Gasteiger partial charge on any atom is 0.419 e. The Hall–Kier alpha value is -2.61. The van der Waals surface area contributed by atoms with Crippen molar-refractivity contribution in [3.05, 3.63) is 42.1 Å². The number of nitrogens with one attached hydrogen (secondary N) is 1. The van der Waals surface area contributed by atoms with Crippen LogP contribution in [0.4, 0.5) is 19.0 Å². The minimum absolute atomic E-state index is 0.0277. The molecule has 1 atom stereocenters. The number of hydrogen-bond donors (Lipinski definition) is 2. The number of carbonyl (C=O) groups excluding carboxylic acids is 1. The van der Waals surface area contributed by atoms with Crippen LogP contribution in [0.25, 0.3) is 11.1 Å². The van der Waals surface area contributed by atoms with Crippen LogP contribution in [0.1, 0.15) is 64.9 Å². The SMILES string of the molecule is CC(C)CC(C)(N)COc1ccc(-c2ccnc(NC(=O)CC3CCCC3)c2)cc1C(F)(F)F. The number of pyridine rings is 1. The molecule has 0 saturated heterocycles. The summed E-state index contributed by atoms with van der Waals surface area (Å²) in [5.74, 6) is 0.629. The average Bonchev–Trinajstić information content (AvgIpc) is 3.23.